The second-order valence-corrected chi connectivity index (χ2v) is 6.13. The van der Waals surface area contributed by atoms with E-state index >= 15 is 0 Å². The van der Waals surface area contributed by atoms with E-state index in [0.717, 1.165) is 24.6 Å². The number of hydrogen-bond acceptors (Lipinski definition) is 4. The number of ether oxygens (including phenoxy) is 3. The Hall–Kier alpha value is -2.11. The second kappa shape index (κ2) is 8.66. The number of rotatable bonds is 5. The molecule has 24 heavy (non-hydrogen) atoms. The molecule has 0 amide bonds. The van der Waals surface area contributed by atoms with E-state index in [1.54, 1.807) is 21.3 Å². The molecule has 0 aromatic heterocycles. The lowest BCUT2D eigenvalue weighted by atomic mass is 10.0. The van der Waals surface area contributed by atoms with E-state index in [9.17, 15) is 0 Å². The first kappa shape index (κ1) is 18.2. The standard InChI is InChI=1S/C18H29N3O3/c1-13-7-6-8-21(12-13)18(19-2)20-11-14-9-15(22-3)17(24-5)16(10-14)23-4/h9-10,13H,6-8,11-12H2,1-5H3,(H,19,20). The molecule has 0 radical (unpaired) electrons. The van der Waals surface area contributed by atoms with Gasteiger partial charge in [0.05, 0.1) is 21.3 Å². The first-order valence-electron chi connectivity index (χ1n) is 8.37. The van der Waals surface area contributed by atoms with E-state index in [0.29, 0.717) is 29.7 Å². The molecule has 1 aliphatic rings. The maximum Gasteiger partial charge on any atom is 0.203 e. The number of piperidine rings is 1. The molecule has 1 aromatic rings. The van der Waals surface area contributed by atoms with Crippen molar-refractivity contribution in [2.45, 2.75) is 26.3 Å². The van der Waals surface area contributed by atoms with Gasteiger partial charge in [0, 0.05) is 26.7 Å². The molecular weight excluding hydrogens is 306 g/mol. The molecule has 1 unspecified atom stereocenters. The van der Waals surface area contributed by atoms with Gasteiger partial charge in [-0.15, -0.1) is 0 Å². The van der Waals surface area contributed by atoms with Crippen molar-refractivity contribution in [2.75, 3.05) is 41.5 Å². The third-order valence-electron chi connectivity index (χ3n) is 4.34. The average Bonchev–Trinajstić information content (AvgIpc) is 2.61. The second-order valence-electron chi connectivity index (χ2n) is 6.13. The Labute approximate surface area is 144 Å². The molecule has 0 bridgehead atoms. The van der Waals surface area contributed by atoms with Gasteiger partial charge in [0.15, 0.2) is 17.5 Å². The number of guanidine groups is 1. The van der Waals surface area contributed by atoms with Crippen LogP contribution < -0.4 is 19.5 Å². The summed E-state index contributed by atoms with van der Waals surface area (Å²) in [4.78, 5) is 6.75. The van der Waals surface area contributed by atoms with Crippen molar-refractivity contribution in [3.05, 3.63) is 17.7 Å². The first-order chi connectivity index (χ1) is 11.6. The third-order valence-corrected chi connectivity index (χ3v) is 4.34. The fourth-order valence-electron chi connectivity index (χ4n) is 3.13. The molecule has 0 saturated carbocycles. The van der Waals surface area contributed by atoms with Crippen molar-refractivity contribution in [1.82, 2.24) is 10.2 Å². The highest BCUT2D eigenvalue weighted by atomic mass is 16.5. The Bertz CT molecular complexity index is 550. The molecule has 134 valence electrons. The fourth-order valence-corrected chi connectivity index (χ4v) is 3.13. The highest BCUT2D eigenvalue weighted by molar-refractivity contribution is 5.80. The summed E-state index contributed by atoms with van der Waals surface area (Å²) < 4.78 is 16.2. The summed E-state index contributed by atoms with van der Waals surface area (Å²) in [5.74, 6) is 3.58. The predicted molar refractivity (Wildman–Crippen MR) is 96.3 cm³/mol. The maximum atomic E-state index is 5.41. The van der Waals surface area contributed by atoms with Crippen molar-refractivity contribution < 1.29 is 14.2 Å². The van der Waals surface area contributed by atoms with Crippen molar-refractivity contribution in [3.63, 3.8) is 0 Å². The molecule has 1 aliphatic heterocycles. The zero-order chi connectivity index (χ0) is 17.5. The molecule has 1 N–H and O–H groups in total. The maximum absolute atomic E-state index is 5.41. The van der Waals surface area contributed by atoms with Gasteiger partial charge in [0.25, 0.3) is 0 Å². The summed E-state index contributed by atoms with van der Waals surface area (Å²) in [6, 6.07) is 3.92. The minimum absolute atomic E-state index is 0.609. The van der Waals surface area contributed by atoms with E-state index in [4.69, 9.17) is 14.2 Å². The van der Waals surface area contributed by atoms with Crippen LogP contribution >= 0.6 is 0 Å². The van der Waals surface area contributed by atoms with Crippen LogP contribution in [-0.4, -0.2) is 52.3 Å². The fraction of sp³-hybridized carbons (Fsp3) is 0.611. The number of methoxy groups -OCH3 is 3. The summed E-state index contributed by atoms with van der Waals surface area (Å²) >= 11 is 0. The van der Waals surface area contributed by atoms with Crippen LogP contribution in [0.15, 0.2) is 17.1 Å². The summed E-state index contributed by atoms with van der Waals surface area (Å²) in [5.41, 5.74) is 1.05. The van der Waals surface area contributed by atoms with Gasteiger partial charge in [-0.05, 0) is 36.5 Å². The minimum atomic E-state index is 0.609. The van der Waals surface area contributed by atoms with E-state index in [1.807, 2.05) is 19.2 Å². The monoisotopic (exact) mass is 335 g/mol. The van der Waals surface area contributed by atoms with E-state index < -0.39 is 0 Å². The zero-order valence-electron chi connectivity index (χ0n) is 15.4. The van der Waals surface area contributed by atoms with Crippen LogP contribution in [0.2, 0.25) is 0 Å². The van der Waals surface area contributed by atoms with Gasteiger partial charge in [0.2, 0.25) is 5.75 Å². The lowest BCUT2D eigenvalue weighted by Gasteiger charge is -2.33. The number of nitrogens with zero attached hydrogens (tertiary/aromatic N) is 2. The SMILES string of the molecule is CN=C(NCc1cc(OC)c(OC)c(OC)c1)N1CCCC(C)C1. The molecule has 1 aromatic carbocycles. The Balaban J connectivity index is 2.10. The molecule has 1 fully saturated rings. The van der Waals surface area contributed by atoms with Gasteiger partial charge < -0.3 is 24.4 Å². The Morgan fingerprint density at radius 2 is 1.88 bits per heavy atom. The van der Waals surface area contributed by atoms with Gasteiger partial charge in [-0.3, -0.25) is 4.99 Å². The van der Waals surface area contributed by atoms with Gasteiger partial charge >= 0.3 is 0 Å². The lowest BCUT2D eigenvalue weighted by Crippen LogP contribution is -2.45. The molecule has 2 rings (SSSR count). The van der Waals surface area contributed by atoms with E-state index in [-0.39, 0.29) is 0 Å². The third kappa shape index (κ3) is 4.24. The van der Waals surface area contributed by atoms with E-state index in [1.165, 1.54) is 12.8 Å². The predicted octanol–water partition coefficient (Wildman–Crippen LogP) is 2.52. The zero-order valence-corrected chi connectivity index (χ0v) is 15.4. The van der Waals surface area contributed by atoms with Gasteiger partial charge in [-0.1, -0.05) is 6.92 Å². The van der Waals surface area contributed by atoms with Crippen LogP contribution in [0.1, 0.15) is 25.3 Å². The molecule has 0 spiro atoms. The van der Waals surface area contributed by atoms with Crippen molar-refractivity contribution in [3.8, 4) is 17.2 Å². The Morgan fingerprint density at radius 1 is 1.21 bits per heavy atom. The molecule has 1 heterocycles. The van der Waals surface area contributed by atoms with Crippen molar-refractivity contribution in [2.24, 2.45) is 10.9 Å². The van der Waals surface area contributed by atoms with E-state index in [2.05, 4.69) is 22.1 Å². The van der Waals surface area contributed by atoms with Crippen LogP contribution in [0, 0.1) is 5.92 Å². The average molecular weight is 335 g/mol. The largest absolute Gasteiger partial charge is 0.493 e. The quantitative estimate of drug-likeness (QED) is 0.662. The summed E-state index contributed by atoms with van der Waals surface area (Å²) in [6.45, 7) is 5.04. The molecule has 1 atom stereocenters. The van der Waals surface area contributed by atoms with Crippen molar-refractivity contribution >= 4 is 5.96 Å². The Kier molecular flexibility index (Phi) is 6.58. The molecule has 6 nitrogen and oxygen atoms in total. The highest BCUT2D eigenvalue weighted by Crippen LogP contribution is 2.38. The summed E-state index contributed by atoms with van der Waals surface area (Å²) in [5, 5.41) is 3.44. The highest BCUT2D eigenvalue weighted by Gasteiger charge is 2.19. The van der Waals surface area contributed by atoms with Crippen LogP contribution in [0.5, 0.6) is 17.2 Å². The summed E-state index contributed by atoms with van der Waals surface area (Å²) in [7, 11) is 6.69. The van der Waals surface area contributed by atoms with Gasteiger partial charge in [-0.25, -0.2) is 0 Å². The minimum Gasteiger partial charge on any atom is -0.493 e. The number of likely N-dealkylation sites (tertiary alicyclic amines) is 1. The first-order valence-corrected chi connectivity index (χ1v) is 8.37. The number of hydrogen-bond donors (Lipinski definition) is 1. The number of aliphatic imine (C=N–C) groups is 1. The lowest BCUT2D eigenvalue weighted by molar-refractivity contribution is 0.266. The van der Waals surface area contributed by atoms with Crippen molar-refractivity contribution in [1.29, 1.82) is 0 Å². The number of nitrogens with one attached hydrogen (secondary N) is 1. The molecule has 6 heteroatoms. The normalized spacial score (nSPS) is 18.3. The Morgan fingerprint density at radius 3 is 2.38 bits per heavy atom. The van der Waals surface area contributed by atoms with Crippen LogP contribution in [0.25, 0.3) is 0 Å². The topological polar surface area (TPSA) is 55.3 Å². The van der Waals surface area contributed by atoms with Crippen LogP contribution in [0.3, 0.4) is 0 Å². The molecule has 1 saturated heterocycles. The van der Waals surface area contributed by atoms with Crippen LogP contribution in [0.4, 0.5) is 0 Å². The smallest absolute Gasteiger partial charge is 0.203 e. The van der Waals surface area contributed by atoms with Crippen LogP contribution in [-0.2, 0) is 6.54 Å². The van der Waals surface area contributed by atoms with Gasteiger partial charge in [-0.2, -0.15) is 0 Å². The summed E-state index contributed by atoms with van der Waals surface area (Å²) in [6.07, 6.45) is 2.51. The van der Waals surface area contributed by atoms with Gasteiger partial charge in [0.1, 0.15) is 0 Å². The molecular formula is C18H29N3O3. The molecule has 0 aliphatic carbocycles. The number of benzene rings is 1.